The highest BCUT2D eigenvalue weighted by atomic mass is 16.1. The first kappa shape index (κ1) is 14.7. The number of nitrogens with one attached hydrogen (secondary N) is 1. The Hall–Kier alpha value is -2.68. The van der Waals surface area contributed by atoms with Crippen LogP contribution in [0.1, 0.15) is 13.8 Å². The first-order valence-electron chi connectivity index (χ1n) is 6.79. The van der Waals surface area contributed by atoms with E-state index in [1.54, 1.807) is 0 Å². The predicted molar refractivity (Wildman–Crippen MR) is 88.4 cm³/mol. The molecule has 2 rings (SSSR count). The van der Waals surface area contributed by atoms with Gasteiger partial charge >= 0.3 is 0 Å². The number of hydrogen-bond acceptors (Lipinski definition) is 2. The molecule has 1 N–H and O–H groups in total. The molecular weight excluding hydrogens is 260 g/mol. The second-order valence-electron chi connectivity index (χ2n) is 4.71. The molecule has 2 aromatic carbocycles. The van der Waals surface area contributed by atoms with Crippen LogP contribution in [0.2, 0.25) is 0 Å². The normalized spacial score (nSPS) is 11.6. The number of nitrogens with zero attached hydrogens (tertiary/aromatic N) is 1. The Bertz CT molecular complexity index is 673. The third kappa shape index (κ3) is 4.73. The van der Waals surface area contributed by atoms with Crippen LogP contribution in [0.5, 0.6) is 0 Å². The number of anilines is 1. The van der Waals surface area contributed by atoms with E-state index in [-0.39, 0.29) is 5.78 Å². The summed E-state index contributed by atoms with van der Waals surface area (Å²) >= 11 is 0. The SMILES string of the molecule is CC(=O)/C=C\N=C(C)Nc1cccc(-c2ccccc2)c1. The molecule has 0 bridgehead atoms. The van der Waals surface area contributed by atoms with Crippen molar-refractivity contribution in [1.82, 2.24) is 0 Å². The molecule has 0 atom stereocenters. The molecule has 0 saturated carbocycles. The summed E-state index contributed by atoms with van der Waals surface area (Å²) in [6, 6.07) is 18.3. The highest BCUT2D eigenvalue weighted by Gasteiger charge is 1.99. The average Bonchev–Trinajstić information content (AvgIpc) is 2.48. The molecular formula is C18H18N2O. The van der Waals surface area contributed by atoms with Crippen LogP contribution in [0.4, 0.5) is 5.69 Å². The van der Waals surface area contributed by atoms with Gasteiger partial charge in [0.15, 0.2) is 5.78 Å². The van der Waals surface area contributed by atoms with Crippen LogP contribution in [-0.4, -0.2) is 11.6 Å². The van der Waals surface area contributed by atoms with Crippen molar-refractivity contribution in [3.05, 3.63) is 66.9 Å². The molecule has 3 heteroatoms. The quantitative estimate of drug-likeness (QED) is 0.515. The van der Waals surface area contributed by atoms with Gasteiger partial charge in [0.25, 0.3) is 0 Å². The predicted octanol–water partition coefficient (Wildman–Crippen LogP) is 4.29. The van der Waals surface area contributed by atoms with E-state index in [1.165, 1.54) is 24.8 Å². The maximum atomic E-state index is 10.8. The van der Waals surface area contributed by atoms with Crippen LogP contribution in [0, 0.1) is 0 Å². The Kier molecular flexibility index (Phi) is 5.04. The summed E-state index contributed by atoms with van der Waals surface area (Å²) in [6.07, 6.45) is 2.94. The third-order valence-corrected chi connectivity index (χ3v) is 2.87. The van der Waals surface area contributed by atoms with Gasteiger partial charge in [-0.05, 0) is 43.2 Å². The number of benzene rings is 2. The summed E-state index contributed by atoms with van der Waals surface area (Å²) < 4.78 is 0. The fraction of sp³-hybridized carbons (Fsp3) is 0.111. The third-order valence-electron chi connectivity index (χ3n) is 2.87. The number of rotatable bonds is 4. The molecule has 0 saturated heterocycles. The van der Waals surface area contributed by atoms with Gasteiger partial charge in [-0.1, -0.05) is 42.5 Å². The van der Waals surface area contributed by atoms with Crippen molar-refractivity contribution in [3.63, 3.8) is 0 Å². The lowest BCUT2D eigenvalue weighted by Gasteiger charge is -2.07. The molecule has 0 fully saturated rings. The molecule has 0 aliphatic rings. The molecule has 3 nitrogen and oxygen atoms in total. The van der Waals surface area contributed by atoms with Crippen molar-refractivity contribution in [2.45, 2.75) is 13.8 Å². The minimum absolute atomic E-state index is 0.0161. The number of aliphatic imine (C=N–C) groups is 1. The Balaban J connectivity index is 2.13. The van der Waals surface area contributed by atoms with E-state index < -0.39 is 0 Å². The highest BCUT2D eigenvalue weighted by Crippen LogP contribution is 2.22. The molecule has 0 unspecified atom stereocenters. The van der Waals surface area contributed by atoms with Crippen LogP contribution in [-0.2, 0) is 4.79 Å². The molecule has 0 heterocycles. The molecule has 0 radical (unpaired) electrons. The average molecular weight is 278 g/mol. The van der Waals surface area contributed by atoms with Crippen LogP contribution < -0.4 is 5.32 Å². The standard InChI is InChI=1S/C18H18N2O/c1-14(21)11-12-19-15(2)20-18-10-6-9-17(13-18)16-7-4-3-5-8-16/h3-13H,1-2H3,(H,19,20)/b12-11-. The molecule has 0 aliphatic heterocycles. The van der Waals surface area contributed by atoms with Crippen LogP contribution in [0.25, 0.3) is 11.1 Å². The van der Waals surface area contributed by atoms with E-state index in [9.17, 15) is 4.79 Å². The summed E-state index contributed by atoms with van der Waals surface area (Å²) in [4.78, 5) is 15.0. The second-order valence-corrected chi connectivity index (χ2v) is 4.71. The van der Waals surface area contributed by atoms with Crippen LogP contribution in [0.3, 0.4) is 0 Å². The van der Waals surface area contributed by atoms with Gasteiger partial charge in [0.1, 0.15) is 5.84 Å². The van der Waals surface area contributed by atoms with E-state index >= 15 is 0 Å². The minimum Gasteiger partial charge on any atom is -0.344 e. The lowest BCUT2D eigenvalue weighted by Crippen LogP contribution is -2.06. The van der Waals surface area contributed by atoms with Crippen molar-refractivity contribution in [3.8, 4) is 11.1 Å². The number of ketones is 1. The van der Waals surface area contributed by atoms with E-state index in [0.29, 0.717) is 0 Å². The minimum atomic E-state index is -0.0161. The van der Waals surface area contributed by atoms with Gasteiger partial charge in [-0.15, -0.1) is 0 Å². The zero-order valence-electron chi connectivity index (χ0n) is 12.2. The van der Waals surface area contributed by atoms with E-state index in [4.69, 9.17) is 0 Å². The van der Waals surface area contributed by atoms with Crippen LogP contribution >= 0.6 is 0 Å². The molecule has 2 aromatic rings. The fourth-order valence-electron chi connectivity index (χ4n) is 1.90. The van der Waals surface area contributed by atoms with Gasteiger partial charge in [-0.3, -0.25) is 4.79 Å². The first-order chi connectivity index (χ1) is 10.1. The smallest absolute Gasteiger partial charge is 0.154 e. The van der Waals surface area contributed by atoms with Crippen molar-refractivity contribution in [2.24, 2.45) is 4.99 Å². The van der Waals surface area contributed by atoms with Crippen LogP contribution in [0.15, 0.2) is 71.9 Å². The lowest BCUT2D eigenvalue weighted by atomic mass is 10.1. The molecule has 0 aromatic heterocycles. The number of carbonyl (C=O) groups excluding carboxylic acids is 1. The number of carbonyl (C=O) groups is 1. The first-order valence-corrected chi connectivity index (χ1v) is 6.79. The topological polar surface area (TPSA) is 41.5 Å². The maximum absolute atomic E-state index is 10.8. The zero-order chi connectivity index (χ0) is 15.1. The molecule has 0 amide bonds. The fourth-order valence-corrected chi connectivity index (χ4v) is 1.90. The zero-order valence-corrected chi connectivity index (χ0v) is 12.2. The second kappa shape index (κ2) is 7.20. The van der Waals surface area contributed by atoms with Gasteiger partial charge in [-0.25, -0.2) is 4.99 Å². The largest absolute Gasteiger partial charge is 0.344 e. The maximum Gasteiger partial charge on any atom is 0.154 e. The molecule has 21 heavy (non-hydrogen) atoms. The number of hydrogen-bond donors (Lipinski definition) is 1. The van der Waals surface area contributed by atoms with Crippen molar-refractivity contribution < 1.29 is 4.79 Å². The summed E-state index contributed by atoms with van der Waals surface area (Å²) in [6.45, 7) is 3.36. The van der Waals surface area contributed by atoms with E-state index in [0.717, 1.165) is 17.1 Å². The summed E-state index contributed by atoms with van der Waals surface area (Å²) in [7, 11) is 0. The van der Waals surface area contributed by atoms with Crippen molar-refractivity contribution in [1.29, 1.82) is 0 Å². The van der Waals surface area contributed by atoms with Gasteiger partial charge in [-0.2, -0.15) is 0 Å². The van der Waals surface area contributed by atoms with Gasteiger partial charge in [0.2, 0.25) is 0 Å². The number of amidine groups is 1. The molecule has 0 spiro atoms. The summed E-state index contributed by atoms with van der Waals surface area (Å²) in [5.74, 6) is 0.718. The summed E-state index contributed by atoms with van der Waals surface area (Å²) in [5.41, 5.74) is 3.29. The molecule has 106 valence electrons. The summed E-state index contributed by atoms with van der Waals surface area (Å²) in [5, 5.41) is 3.21. The monoisotopic (exact) mass is 278 g/mol. The number of allylic oxidation sites excluding steroid dienone is 1. The Morgan fingerprint density at radius 2 is 1.71 bits per heavy atom. The van der Waals surface area contributed by atoms with E-state index in [2.05, 4.69) is 34.6 Å². The Labute approximate surface area is 125 Å². The Morgan fingerprint density at radius 1 is 1.00 bits per heavy atom. The van der Waals surface area contributed by atoms with Gasteiger partial charge in [0, 0.05) is 11.9 Å². The van der Waals surface area contributed by atoms with Crippen molar-refractivity contribution >= 4 is 17.3 Å². The highest BCUT2D eigenvalue weighted by molar-refractivity contribution is 5.95. The van der Waals surface area contributed by atoms with Gasteiger partial charge in [0.05, 0.1) is 0 Å². The van der Waals surface area contributed by atoms with Gasteiger partial charge < -0.3 is 5.32 Å². The van der Waals surface area contributed by atoms with Crippen molar-refractivity contribution in [2.75, 3.05) is 5.32 Å². The Morgan fingerprint density at radius 3 is 2.43 bits per heavy atom. The molecule has 0 aliphatic carbocycles. The lowest BCUT2D eigenvalue weighted by molar-refractivity contribution is -0.112. The van der Waals surface area contributed by atoms with E-state index in [1.807, 2.05) is 37.3 Å².